The van der Waals surface area contributed by atoms with Crippen LogP contribution in [0.2, 0.25) is 4.34 Å². The number of thiophene rings is 1. The van der Waals surface area contributed by atoms with Crippen molar-refractivity contribution >= 4 is 34.5 Å². The lowest BCUT2D eigenvalue weighted by atomic mass is 10.2. The molecule has 0 aliphatic heterocycles. The van der Waals surface area contributed by atoms with Gasteiger partial charge in [-0.05, 0) is 18.6 Å². The lowest BCUT2D eigenvalue weighted by Gasteiger charge is -2.19. The fraction of sp³-hybridized carbons (Fsp3) is 0.286. The van der Waals surface area contributed by atoms with E-state index in [1.165, 1.54) is 11.3 Å². The van der Waals surface area contributed by atoms with Crippen molar-refractivity contribution in [3.63, 3.8) is 0 Å². The zero-order valence-corrected chi connectivity index (χ0v) is 13.3. The molecule has 2 aromatic rings. The molecule has 0 saturated heterocycles. The average Bonchev–Trinajstić information content (AvgIpc) is 3.03. The van der Waals surface area contributed by atoms with E-state index in [0.29, 0.717) is 29.5 Å². The molecule has 0 saturated carbocycles. The number of aryl methyl sites for hydroxylation is 1. The first-order valence-electron chi connectivity index (χ1n) is 6.53. The number of rotatable bonds is 6. The SMILES string of the molecule is C=CCN(Cc1ccc(Cl)s1)C(=O)c1n[nH]c(CC)c1N. The summed E-state index contributed by atoms with van der Waals surface area (Å²) < 4.78 is 0.698. The number of hydrogen-bond donors (Lipinski definition) is 2. The van der Waals surface area contributed by atoms with Gasteiger partial charge in [-0.1, -0.05) is 24.6 Å². The van der Waals surface area contributed by atoms with Crippen molar-refractivity contribution in [1.29, 1.82) is 0 Å². The molecule has 0 atom stereocenters. The maximum Gasteiger partial charge on any atom is 0.277 e. The van der Waals surface area contributed by atoms with Gasteiger partial charge in [0, 0.05) is 11.4 Å². The van der Waals surface area contributed by atoms with Crippen LogP contribution in [0.1, 0.15) is 28.0 Å². The number of carbonyl (C=O) groups is 1. The minimum atomic E-state index is -0.215. The van der Waals surface area contributed by atoms with E-state index in [1.807, 2.05) is 19.1 Å². The van der Waals surface area contributed by atoms with Gasteiger partial charge in [0.1, 0.15) is 0 Å². The molecule has 2 heterocycles. The number of halogens is 1. The second-order valence-electron chi connectivity index (χ2n) is 4.50. The Hall–Kier alpha value is -1.79. The van der Waals surface area contributed by atoms with Crippen molar-refractivity contribution in [3.05, 3.63) is 45.4 Å². The Morgan fingerprint density at radius 1 is 1.62 bits per heavy atom. The molecule has 2 rings (SSSR count). The quantitative estimate of drug-likeness (QED) is 0.802. The molecular weight excluding hydrogens is 308 g/mol. The molecule has 0 aliphatic rings. The highest BCUT2D eigenvalue weighted by Gasteiger charge is 2.22. The number of nitrogens with two attached hydrogens (primary N) is 1. The summed E-state index contributed by atoms with van der Waals surface area (Å²) in [7, 11) is 0. The normalized spacial score (nSPS) is 10.6. The molecule has 2 aromatic heterocycles. The van der Waals surface area contributed by atoms with E-state index in [4.69, 9.17) is 17.3 Å². The first-order valence-corrected chi connectivity index (χ1v) is 7.73. The van der Waals surface area contributed by atoms with Crippen molar-refractivity contribution in [2.45, 2.75) is 19.9 Å². The standard InChI is InChI=1S/C14H17ClN4OS/c1-3-7-19(8-9-5-6-11(15)21-9)14(20)13-12(16)10(4-2)17-18-13/h3,5-6H,1,4,7-8,16H2,2H3,(H,17,18). The molecule has 0 spiro atoms. The summed E-state index contributed by atoms with van der Waals surface area (Å²) in [6.07, 6.45) is 2.38. The number of nitrogens with one attached hydrogen (secondary N) is 1. The van der Waals surface area contributed by atoms with Crippen molar-refractivity contribution in [2.24, 2.45) is 0 Å². The number of H-pyrrole nitrogens is 1. The molecule has 21 heavy (non-hydrogen) atoms. The molecule has 5 nitrogen and oxygen atoms in total. The molecule has 0 bridgehead atoms. The van der Waals surface area contributed by atoms with Gasteiger partial charge in [0.25, 0.3) is 5.91 Å². The van der Waals surface area contributed by atoms with E-state index in [0.717, 1.165) is 10.6 Å². The predicted octanol–water partition coefficient (Wildman–Crippen LogP) is 3.10. The van der Waals surface area contributed by atoms with Crippen LogP contribution in [0.4, 0.5) is 5.69 Å². The van der Waals surface area contributed by atoms with E-state index in [2.05, 4.69) is 16.8 Å². The molecule has 0 aromatic carbocycles. The van der Waals surface area contributed by atoms with Crippen molar-refractivity contribution in [1.82, 2.24) is 15.1 Å². The highest BCUT2D eigenvalue weighted by Crippen LogP contribution is 2.24. The number of carbonyl (C=O) groups excluding carboxylic acids is 1. The van der Waals surface area contributed by atoms with E-state index < -0.39 is 0 Å². The Morgan fingerprint density at radius 2 is 2.38 bits per heavy atom. The first kappa shape index (κ1) is 15.6. The van der Waals surface area contributed by atoms with E-state index in [9.17, 15) is 4.79 Å². The third kappa shape index (κ3) is 3.46. The highest BCUT2D eigenvalue weighted by molar-refractivity contribution is 7.16. The Bertz CT molecular complexity index is 649. The van der Waals surface area contributed by atoms with Crippen LogP contribution in [0, 0.1) is 0 Å². The summed E-state index contributed by atoms with van der Waals surface area (Å²) in [5.74, 6) is -0.215. The van der Waals surface area contributed by atoms with Gasteiger partial charge in [0.15, 0.2) is 5.69 Å². The van der Waals surface area contributed by atoms with Gasteiger partial charge in [-0.3, -0.25) is 9.89 Å². The zero-order valence-electron chi connectivity index (χ0n) is 11.7. The number of amides is 1. The third-order valence-electron chi connectivity index (χ3n) is 3.05. The lowest BCUT2D eigenvalue weighted by molar-refractivity contribution is 0.0759. The predicted molar refractivity (Wildman–Crippen MR) is 86.6 cm³/mol. The summed E-state index contributed by atoms with van der Waals surface area (Å²) in [6, 6.07) is 3.72. The molecule has 0 aliphatic carbocycles. The van der Waals surface area contributed by atoms with Crippen LogP contribution in [0.15, 0.2) is 24.8 Å². The Morgan fingerprint density at radius 3 is 2.90 bits per heavy atom. The van der Waals surface area contributed by atoms with Crippen molar-refractivity contribution in [3.8, 4) is 0 Å². The first-order chi connectivity index (χ1) is 10.1. The van der Waals surface area contributed by atoms with E-state index in [-0.39, 0.29) is 11.6 Å². The Labute approximate surface area is 132 Å². The third-order valence-corrected chi connectivity index (χ3v) is 4.27. The van der Waals surface area contributed by atoms with Crippen molar-refractivity contribution < 1.29 is 4.79 Å². The van der Waals surface area contributed by atoms with Gasteiger partial charge in [-0.25, -0.2) is 0 Å². The minimum absolute atomic E-state index is 0.215. The Balaban J connectivity index is 2.22. The van der Waals surface area contributed by atoms with Crippen molar-refractivity contribution in [2.75, 3.05) is 12.3 Å². The highest BCUT2D eigenvalue weighted by atomic mass is 35.5. The fourth-order valence-electron chi connectivity index (χ4n) is 1.97. The maximum absolute atomic E-state index is 12.6. The van der Waals surface area contributed by atoms with Crippen LogP contribution in [-0.2, 0) is 13.0 Å². The van der Waals surface area contributed by atoms with Crippen LogP contribution in [-0.4, -0.2) is 27.5 Å². The van der Waals surface area contributed by atoms with Crippen LogP contribution >= 0.6 is 22.9 Å². The fourth-order valence-corrected chi connectivity index (χ4v) is 3.07. The molecular formula is C14H17ClN4OS. The van der Waals surface area contributed by atoms with E-state index in [1.54, 1.807) is 11.0 Å². The number of aromatic nitrogens is 2. The number of aromatic amines is 1. The van der Waals surface area contributed by atoms with Crippen LogP contribution in [0.25, 0.3) is 0 Å². The summed E-state index contributed by atoms with van der Waals surface area (Å²) >= 11 is 7.37. The van der Waals surface area contributed by atoms with Crippen LogP contribution in [0.3, 0.4) is 0 Å². The topological polar surface area (TPSA) is 75.0 Å². The molecule has 1 amide bonds. The summed E-state index contributed by atoms with van der Waals surface area (Å²) in [5.41, 5.74) is 7.41. The van der Waals surface area contributed by atoms with Gasteiger partial charge >= 0.3 is 0 Å². The minimum Gasteiger partial charge on any atom is -0.395 e. The average molecular weight is 325 g/mol. The molecule has 0 radical (unpaired) electrons. The van der Waals surface area contributed by atoms with E-state index >= 15 is 0 Å². The van der Waals surface area contributed by atoms with Gasteiger partial charge in [-0.15, -0.1) is 17.9 Å². The largest absolute Gasteiger partial charge is 0.395 e. The zero-order chi connectivity index (χ0) is 15.4. The van der Waals surface area contributed by atoms with Gasteiger partial charge in [0.2, 0.25) is 0 Å². The second-order valence-corrected chi connectivity index (χ2v) is 6.30. The molecule has 0 unspecified atom stereocenters. The summed E-state index contributed by atoms with van der Waals surface area (Å²) in [6.45, 7) is 6.52. The van der Waals surface area contributed by atoms with Gasteiger partial charge in [-0.2, -0.15) is 5.10 Å². The molecule has 112 valence electrons. The smallest absolute Gasteiger partial charge is 0.277 e. The Kier molecular flexibility index (Phi) is 5.03. The number of nitrogen functional groups attached to an aromatic ring is 1. The molecule has 0 fully saturated rings. The molecule has 3 N–H and O–H groups in total. The maximum atomic E-state index is 12.6. The number of anilines is 1. The number of nitrogens with zero attached hydrogens (tertiary/aromatic N) is 2. The monoisotopic (exact) mass is 324 g/mol. The second kappa shape index (κ2) is 6.78. The van der Waals surface area contributed by atoms with Crippen LogP contribution in [0.5, 0.6) is 0 Å². The van der Waals surface area contributed by atoms with Crippen LogP contribution < -0.4 is 5.73 Å². The summed E-state index contributed by atoms with van der Waals surface area (Å²) in [4.78, 5) is 15.2. The van der Waals surface area contributed by atoms with Gasteiger partial charge in [0.05, 0.1) is 22.3 Å². The molecule has 7 heteroatoms. The lowest BCUT2D eigenvalue weighted by Crippen LogP contribution is -2.31. The number of hydrogen-bond acceptors (Lipinski definition) is 4. The summed E-state index contributed by atoms with van der Waals surface area (Å²) in [5, 5.41) is 6.84. The van der Waals surface area contributed by atoms with Gasteiger partial charge < -0.3 is 10.6 Å².